The Morgan fingerprint density at radius 3 is 2.60 bits per heavy atom. The molecule has 1 heterocycles. The Morgan fingerprint density at radius 1 is 1.25 bits per heavy atom. The average Bonchev–Trinajstić information content (AvgIpc) is 2.48. The smallest absolute Gasteiger partial charge is 0.195 e. The van der Waals surface area contributed by atoms with Gasteiger partial charge in [-0.05, 0) is 49.7 Å². The molecule has 3 heteroatoms. The zero-order valence-corrected chi connectivity index (χ0v) is 11.9. The number of allylic oxidation sites excluding steroid dienone is 2. The summed E-state index contributed by atoms with van der Waals surface area (Å²) in [7, 11) is 1.61. The monoisotopic (exact) mass is 267 g/mol. The fraction of sp³-hybridized carbons (Fsp3) is 0.176. The van der Waals surface area contributed by atoms with E-state index in [4.69, 9.17) is 4.74 Å². The molecule has 3 nitrogen and oxygen atoms in total. The van der Waals surface area contributed by atoms with E-state index in [-0.39, 0.29) is 5.78 Å². The topological polar surface area (TPSA) is 39.2 Å². The molecule has 0 atom stereocenters. The van der Waals surface area contributed by atoms with Gasteiger partial charge < -0.3 is 4.74 Å². The van der Waals surface area contributed by atoms with Crippen LogP contribution in [0.25, 0.3) is 5.57 Å². The highest BCUT2D eigenvalue weighted by Crippen LogP contribution is 2.23. The molecule has 1 aromatic carbocycles. The van der Waals surface area contributed by atoms with Crippen LogP contribution in [-0.2, 0) is 0 Å². The van der Waals surface area contributed by atoms with Crippen LogP contribution in [-0.4, -0.2) is 17.9 Å². The van der Waals surface area contributed by atoms with Gasteiger partial charge in [-0.3, -0.25) is 9.78 Å². The summed E-state index contributed by atoms with van der Waals surface area (Å²) in [5.74, 6) is 0.727. The van der Waals surface area contributed by atoms with Crippen molar-refractivity contribution >= 4 is 11.4 Å². The summed E-state index contributed by atoms with van der Waals surface area (Å²) < 4.78 is 5.16. The number of hydrogen-bond acceptors (Lipinski definition) is 3. The summed E-state index contributed by atoms with van der Waals surface area (Å²) >= 11 is 0. The van der Waals surface area contributed by atoms with Crippen molar-refractivity contribution in [1.82, 2.24) is 4.98 Å². The minimum Gasteiger partial charge on any atom is -0.497 e. The maximum atomic E-state index is 12.6. The SMILES string of the molecule is C/C=C(\C(=O)c1ccc(OC)cc1C)c1ccccn1. The maximum absolute atomic E-state index is 12.6. The molecule has 0 amide bonds. The van der Waals surface area contributed by atoms with Gasteiger partial charge in [0.2, 0.25) is 0 Å². The highest BCUT2D eigenvalue weighted by atomic mass is 16.5. The normalized spacial score (nSPS) is 11.2. The lowest BCUT2D eigenvalue weighted by atomic mass is 9.96. The van der Waals surface area contributed by atoms with Crippen molar-refractivity contribution in [1.29, 1.82) is 0 Å². The van der Waals surface area contributed by atoms with Gasteiger partial charge in [0.25, 0.3) is 0 Å². The number of pyridine rings is 1. The number of aromatic nitrogens is 1. The number of carbonyl (C=O) groups is 1. The van der Waals surface area contributed by atoms with Crippen LogP contribution in [0, 0.1) is 6.92 Å². The molecule has 2 rings (SSSR count). The number of ketones is 1. The summed E-state index contributed by atoms with van der Waals surface area (Å²) in [5, 5.41) is 0. The van der Waals surface area contributed by atoms with E-state index < -0.39 is 0 Å². The lowest BCUT2D eigenvalue weighted by Crippen LogP contribution is -2.06. The summed E-state index contributed by atoms with van der Waals surface area (Å²) in [5.41, 5.74) is 2.86. The molecule has 20 heavy (non-hydrogen) atoms. The highest BCUT2D eigenvalue weighted by Gasteiger charge is 2.16. The van der Waals surface area contributed by atoms with Gasteiger partial charge >= 0.3 is 0 Å². The van der Waals surface area contributed by atoms with E-state index >= 15 is 0 Å². The number of rotatable bonds is 4. The van der Waals surface area contributed by atoms with Gasteiger partial charge in [-0.25, -0.2) is 0 Å². The van der Waals surface area contributed by atoms with E-state index in [1.165, 1.54) is 0 Å². The summed E-state index contributed by atoms with van der Waals surface area (Å²) in [6.07, 6.45) is 3.49. The molecule has 0 unspecified atom stereocenters. The Labute approximate surface area is 118 Å². The third-order valence-corrected chi connectivity index (χ3v) is 3.15. The maximum Gasteiger partial charge on any atom is 0.195 e. The number of Topliss-reactive ketones (excluding diaryl/α,β-unsaturated/α-hetero) is 1. The third-order valence-electron chi connectivity index (χ3n) is 3.15. The Hall–Kier alpha value is -2.42. The first-order valence-corrected chi connectivity index (χ1v) is 6.44. The Bertz CT molecular complexity index is 645. The van der Waals surface area contributed by atoms with Gasteiger partial charge in [-0.15, -0.1) is 0 Å². The van der Waals surface area contributed by atoms with E-state index in [0.717, 1.165) is 11.3 Å². The number of nitrogens with zero attached hydrogens (tertiary/aromatic N) is 1. The van der Waals surface area contributed by atoms with Crippen LogP contribution in [0.4, 0.5) is 0 Å². The Morgan fingerprint density at radius 2 is 2.05 bits per heavy atom. The standard InChI is InChI=1S/C17H17NO2/c1-4-14(16-7-5-6-10-18-16)17(19)15-9-8-13(20-3)11-12(15)2/h4-11H,1-3H3/b14-4-. The highest BCUT2D eigenvalue weighted by molar-refractivity contribution is 6.28. The average molecular weight is 267 g/mol. The van der Waals surface area contributed by atoms with Crippen LogP contribution >= 0.6 is 0 Å². The molecule has 1 aromatic heterocycles. The number of benzene rings is 1. The van der Waals surface area contributed by atoms with E-state index in [1.807, 2.05) is 38.1 Å². The van der Waals surface area contributed by atoms with E-state index in [1.54, 1.807) is 31.5 Å². The second kappa shape index (κ2) is 6.15. The summed E-state index contributed by atoms with van der Waals surface area (Å²) in [6, 6.07) is 11.0. The molecule has 0 saturated heterocycles. The molecule has 0 fully saturated rings. The van der Waals surface area contributed by atoms with Gasteiger partial charge in [-0.2, -0.15) is 0 Å². The zero-order chi connectivity index (χ0) is 14.5. The molecule has 0 radical (unpaired) electrons. The first kappa shape index (κ1) is 14.0. The predicted octanol–water partition coefficient (Wildman–Crippen LogP) is 3.68. The van der Waals surface area contributed by atoms with Crippen LogP contribution in [0.1, 0.15) is 28.5 Å². The quantitative estimate of drug-likeness (QED) is 0.626. The van der Waals surface area contributed by atoms with Crippen molar-refractivity contribution in [3.05, 3.63) is 65.5 Å². The van der Waals surface area contributed by atoms with Crippen molar-refractivity contribution < 1.29 is 9.53 Å². The number of hydrogen-bond donors (Lipinski definition) is 0. The molecule has 0 spiro atoms. The van der Waals surface area contributed by atoms with E-state index in [2.05, 4.69) is 4.98 Å². The second-order valence-electron chi connectivity index (χ2n) is 4.43. The fourth-order valence-corrected chi connectivity index (χ4v) is 2.08. The lowest BCUT2D eigenvalue weighted by molar-refractivity contribution is 0.105. The molecule has 0 aliphatic carbocycles. The number of carbonyl (C=O) groups excluding carboxylic acids is 1. The summed E-state index contributed by atoms with van der Waals surface area (Å²) in [4.78, 5) is 16.9. The fourth-order valence-electron chi connectivity index (χ4n) is 2.08. The first-order valence-electron chi connectivity index (χ1n) is 6.44. The van der Waals surface area contributed by atoms with Crippen molar-refractivity contribution in [3.8, 4) is 5.75 Å². The molecule has 0 saturated carbocycles. The van der Waals surface area contributed by atoms with E-state index in [0.29, 0.717) is 16.8 Å². The Kier molecular flexibility index (Phi) is 4.31. The molecular weight excluding hydrogens is 250 g/mol. The minimum atomic E-state index is -0.0219. The lowest BCUT2D eigenvalue weighted by Gasteiger charge is -2.09. The van der Waals surface area contributed by atoms with Crippen molar-refractivity contribution in [2.24, 2.45) is 0 Å². The molecule has 0 bridgehead atoms. The van der Waals surface area contributed by atoms with Gasteiger partial charge in [0.05, 0.1) is 12.8 Å². The van der Waals surface area contributed by atoms with Crippen molar-refractivity contribution in [2.45, 2.75) is 13.8 Å². The number of methoxy groups -OCH3 is 1. The predicted molar refractivity (Wildman–Crippen MR) is 79.9 cm³/mol. The van der Waals surface area contributed by atoms with Crippen LogP contribution < -0.4 is 4.74 Å². The summed E-state index contributed by atoms with van der Waals surface area (Å²) in [6.45, 7) is 3.75. The second-order valence-corrected chi connectivity index (χ2v) is 4.43. The number of aryl methyl sites for hydroxylation is 1. The van der Waals surface area contributed by atoms with Crippen LogP contribution in [0.15, 0.2) is 48.7 Å². The van der Waals surface area contributed by atoms with Gasteiger partial charge in [0.15, 0.2) is 5.78 Å². The molecule has 0 N–H and O–H groups in total. The molecule has 0 aliphatic heterocycles. The van der Waals surface area contributed by atoms with Gasteiger partial charge in [0.1, 0.15) is 5.75 Å². The molecule has 102 valence electrons. The third kappa shape index (κ3) is 2.77. The molecule has 0 aliphatic rings. The zero-order valence-electron chi connectivity index (χ0n) is 11.9. The van der Waals surface area contributed by atoms with Gasteiger partial charge in [-0.1, -0.05) is 12.1 Å². The molecular formula is C17H17NO2. The first-order chi connectivity index (χ1) is 9.67. The molecule has 2 aromatic rings. The largest absolute Gasteiger partial charge is 0.497 e. The minimum absolute atomic E-state index is 0.0219. The Balaban J connectivity index is 2.40. The van der Waals surface area contributed by atoms with Crippen LogP contribution in [0.5, 0.6) is 5.75 Å². The van der Waals surface area contributed by atoms with Gasteiger partial charge in [0, 0.05) is 17.3 Å². The van der Waals surface area contributed by atoms with Crippen molar-refractivity contribution in [2.75, 3.05) is 7.11 Å². The number of ether oxygens (including phenoxy) is 1. The van der Waals surface area contributed by atoms with Crippen LogP contribution in [0.3, 0.4) is 0 Å². The van der Waals surface area contributed by atoms with E-state index in [9.17, 15) is 4.79 Å². The van der Waals surface area contributed by atoms with Crippen molar-refractivity contribution in [3.63, 3.8) is 0 Å². The van der Waals surface area contributed by atoms with Crippen LogP contribution in [0.2, 0.25) is 0 Å².